The molecule has 0 heterocycles. The number of rotatable bonds is 3. The highest BCUT2D eigenvalue weighted by Gasteiger charge is 2.17. The van der Waals surface area contributed by atoms with Crippen LogP contribution in [0.2, 0.25) is 0 Å². The van der Waals surface area contributed by atoms with Gasteiger partial charge in [0.25, 0.3) is 10.1 Å². The molecule has 0 saturated carbocycles. The summed E-state index contributed by atoms with van der Waals surface area (Å²) in [4.78, 5) is 10.8. The van der Waals surface area contributed by atoms with Gasteiger partial charge < -0.3 is 9.84 Å². The molecule has 1 rings (SSSR count). The van der Waals surface area contributed by atoms with Crippen LogP contribution in [0.5, 0.6) is 5.75 Å². The van der Waals surface area contributed by atoms with Gasteiger partial charge in [-0.1, -0.05) is 0 Å². The third-order valence-electron chi connectivity index (χ3n) is 1.76. The molecule has 0 aliphatic carbocycles. The van der Waals surface area contributed by atoms with Crippen molar-refractivity contribution in [3.05, 3.63) is 23.8 Å². The van der Waals surface area contributed by atoms with E-state index in [-0.39, 0.29) is 12.2 Å². The average Bonchev–Trinajstić information content (AvgIpc) is 2.16. The smallest absolute Gasteiger partial charge is 0.341 e. The number of hydrogen-bond donors (Lipinski definition) is 2. The van der Waals surface area contributed by atoms with Gasteiger partial charge in [-0.15, -0.1) is 0 Å². The van der Waals surface area contributed by atoms with Gasteiger partial charge in [0, 0.05) is 0 Å². The lowest BCUT2D eigenvalue weighted by Gasteiger charge is -2.05. The molecule has 0 unspecified atom stereocenters. The van der Waals surface area contributed by atoms with Crippen molar-refractivity contribution >= 4 is 16.1 Å². The van der Waals surface area contributed by atoms with E-state index < -0.39 is 26.7 Å². The molecule has 7 heteroatoms. The van der Waals surface area contributed by atoms with Crippen molar-refractivity contribution in [1.29, 1.82) is 0 Å². The quantitative estimate of drug-likeness (QED) is 0.604. The van der Waals surface area contributed by atoms with E-state index in [1.165, 1.54) is 0 Å². The molecular weight excluding hydrogens is 236 g/mol. The van der Waals surface area contributed by atoms with Crippen LogP contribution in [0.15, 0.2) is 23.1 Å². The molecule has 0 aromatic heterocycles. The highest BCUT2D eigenvalue weighted by molar-refractivity contribution is 7.85. The maximum Gasteiger partial charge on any atom is 0.341 e. The fourth-order valence-corrected chi connectivity index (χ4v) is 1.55. The highest BCUT2D eigenvalue weighted by atomic mass is 32.2. The molecule has 6 nitrogen and oxygen atoms in total. The van der Waals surface area contributed by atoms with Crippen molar-refractivity contribution in [2.45, 2.75) is 11.8 Å². The molecule has 1 aromatic carbocycles. The molecule has 2 N–H and O–H groups in total. The standard InChI is InChI=1S/C9H10O6S/c1-2-15-9(11)7-5-6(16(12,13)14)3-4-8(7)10/h3-5,10H,2H2,1H3,(H,12,13,14). The summed E-state index contributed by atoms with van der Waals surface area (Å²) >= 11 is 0. The summed E-state index contributed by atoms with van der Waals surface area (Å²) in [6.07, 6.45) is 0. The SMILES string of the molecule is CCOC(=O)c1cc(S(=O)(=O)O)ccc1O. The minimum absolute atomic E-state index is 0.0916. The zero-order valence-electron chi connectivity index (χ0n) is 8.37. The second-order valence-corrected chi connectivity index (χ2v) is 4.30. The van der Waals surface area contributed by atoms with Crippen LogP contribution in [0.1, 0.15) is 17.3 Å². The molecular formula is C9H10O6S. The zero-order valence-corrected chi connectivity index (χ0v) is 9.19. The van der Waals surface area contributed by atoms with Crippen LogP contribution in [-0.2, 0) is 14.9 Å². The first-order chi connectivity index (χ1) is 7.36. The van der Waals surface area contributed by atoms with Crippen LogP contribution in [0, 0.1) is 0 Å². The molecule has 0 atom stereocenters. The second kappa shape index (κ2) is 4.50. The molecule has 1 aromatic rings. The fraction of sp³-hybridized carbons (Fsp3) is 0.222. The van der Waals surface area contributed by atoms with Gasteiger partial charge in [0.2, 0.25) is 0 Å². The van der Waals surface area contributed by atoms with Gasteiger partial charge in [0.1, 0.15) is 11.3 Å². The monoisotopic (exact) mass is 246 g/mol. The highest BCUT2D eigenvalue weighted by Crippen LogP contribution is 2.21. The fourth-order valence-electron chi connectivity index (χ4n) is 1.05. The summed E-state index contributed by atoms with van der Waals surface area (Å²) < 4.78 is 35.0. The third kappa shape index (κ3) is 2.71. The molecule has 0 saturated heterocycles. The number of ether oxygens (including phenoxy) is 1. The van der Waals surface area contributed by atoms with Crippen LogP contribution in [-0.4, -0.2) is 30.7 Å². The molecule has 0 aliphatic heterocycles. The topological polar surface area (TPSA) is 101 Å². The Hall–Kier alpha value is -1.60. The Kier molecular flexibility index (Phi) is 3.51. The minimum atomic E-state index is -4.41. The first kappa shape index (κ1) is 12.5. The van der Waals surface area contributed by atoms with E-state index >= 15 is 0 Å². The average molecular weight is 246 g/mol. The summed E-state index contributed by atoms with van der Waals surface area (Å²) in [7, 11) is -4.41. The Bertz CT molecular complexity index is 505. The summed E-state index contributed by atoms with van der Waals surface area (Å²) in [5, 5.41) is 9.32. The second-order valence-electron chi connectivity index (χ2n) is 2.87. The zero-order chi connectivity index (χ0) is 12.3. The lowest BCUT2D eigenvalue weighted by atomic mass is 10.2. The molecule has 0 aliphatic rings. The number of benzene rings is 1. The number of phenolic OH excluding ortho intramolecular Hbond substituents is 1. The normalized spacial score (nSPS) is 11.1. The molecule has 0 fully saturated rings. The lowest BCUT2D eigenvalue weighted by molar-refractivity contribution is 0.0523. The van der Waals surface area contributed by atoms with E-state index in [1.807, 2.05) is 0 Å². The Morgan fingerprint density at radius 2 is 2.06 bits per heavy atom. The molecule has 0 spiro atoms. The van der Waals surface area contributed by atoms with Crippen molar-refractivity contribution < 1.29 is 27.6 Å². The molecule has 16 heavy (non-hydrogen) atoms. The van der Waals surface area contributed by atoms with Crippen molar-refractivity contribution in [2.24, 2.45) is 0 Å². The number of carbonyl (C=O) groups excluding carboxylic acids is 1. The third-order valence-corrected chi connectivity index (χ3v) is 2.61. The maximum atomic E-state index is 11.3. The molecule has 0 bridgehead atoms. The Labute approximate surface area is 92.2 Å². The first-order valence-electron chi connectivity index (χ1n) is 4.34. The number of aromatic hydroxyl groups is 1. The van der Waals surface area contributed by atoms with Crippen molar-refractivity contribution in [2.75, 3.05) is 6.61 Å². The van der Waals surface area contributed by atoms with Crippen LogP contribution in [0.25, 0.3) is 0 Å². The van der Waals surface area contributed by atoms with Gasteiger partial charge >= 0.3 is 5.97 Å². The predicted octanol–water partition coefficient (Wildman–Crippen LogP) is 0.816. The van der Waals surface area contributed by atoms with E-state index in [1.54, 1.807) is 6.92 Å². The van der Waals surface area contributed by atoms with Crippen LogP contribution >= 0.6 is 0 Å². The summed E-state index contributed by atoms with van der Waals surface area (Å²) in [6.45, 7) is 1.66. The summed E-state index contributed by atoms with van der Waals surface area (Å²) in [6, 6.07) is 2.82. The number of esters is 1. The number of phenols is 1. The van der Waals surface area contributed by atoms with Gasteiger partial charge in [0.15, 0.2) is 0 Å². The predicted molar refractivity (Wildman–Crippen MR) is 53.9 cm³/mol. The first-order valence-corrected chi connectivity index (χ1v) is 5.78. The van der Waals surface area contributed by atoms with E-state index in [4.69, 9.17) is 4.55 Å². The van der Waals surface area contributed by atoms with Crippen LogP contribution in [0.4, 0.5) is 0 Å². The Morgan fingerprint density at radius 1 is 1.44 bits per heavy atom. The van der Waals surface area contributed by atoms with E-state index in [0.29, 0.717) is 0 Å². The van der Waals surface area contributed by atoms with Crippen molar-refractivity contribution in [1.82, 2.24) is 0 Å². The van der Waals surface area contributed by atoms with E-state index in [0.717, 1.165) is 18.2 Å². The van der Waals surface area contributed by atoms with Gasteiger partial charge in [-0.3, -0.25) is 4.55 Å². The number of hydrogen-bond acceptors (Lipinski definition) is 5. The van der Waals surface area contributed by atoms with E-state index in [9.17, 15) is 18.3 Å². The number of carbonyl (C=O) groups is 1. The molecule has 0 radical (unpaired) electrons. The molecule has 0 amide bonds. The molecule has 88 valence electrons. The maximum absolute atomic E-state index is 11.3. The van der Waals surface area contributed by atoms with Crippen LogP contribution in [0.3, 0.4) is 0 Å². The Balaban J connectivity index is 3.24. The largest absolute Gasteiger partial charge is 0.507 e. The van der Waals surface area contributed by atoms with Gasteiger partial charge in [0.05, 0.1) is 11.5 Å². The van der Waals surface area contributed by atoms with Gasteiger partial charge in [-0.2, -0.15) is 8.42 Å². The lowest BCUT2D eigenvalue weighted by Crippen LogP contribution is -2.07. The summed E-state index contributed by atoms with van der Waals surface area (Å²) in [5.41, 5.74) is -0.308. The van der Waals surface area contributed by atoms with Crippen molar-refractivity contribution in [3.8, 4) is 5.75 Å². The van der Waals surface area contributed by atoms with Gasteiger partial charge in [-0.05, 0) is 25.1 Å². The Morgan fingerprint density at radius 3 is 2.56 bits per heavy atom. The van der Waals surface area contributed by atoms with E-state index in [2.05, 4.69) is 4.74 Å². The van der Waals surface area contributed by atoms with Crippen molar-refractivity contribution in [3.63, 3.8) is 0 Å². The van der Waals surface area contributed by atoms with Crippen LogP contribution < -0.4 is 0 Å². The van der Waals surface area contributed by atoms with Gasteiger partial charge in [-0.25, -0.2) is 4.79 Å². The summed E-state index contributed by atoms with van der Waals surface area (Å²) in [5.74, 6) is -1.27. The minimum Gasteiger partial charge on any atom is -0.507 e.